The third-order valence-corrected chi connectivity index (χ3v) is 6.01. The average molecular weight is 492 g/mol. The van der Waals surface area contributed by atoms with E-state index in [4.69, 9.17) is 16.2 Å². The summed E-state index contributed by atoms with van der Waals surface area (Å²) in [6.07, 6.45) is 0.394. The Kier molecular flexibility index (Phi) is 6.45. The van der Waals surface area contributed by atoms with E-state index in [1.165, 1.54) is 17.5 Å². The highest BCUT2D eigenvalue weighted by molar-refractivity contribution is 7.15. The number of nitrogens with two attached hydrogens (primary N) is 2. The molecule has 1 aliphatic heterocycles. The molecule has 180 valence electrons. The smallest absolute Gasteiger partial charge is 0.408 e. The highest BCUT2D eigenvalue weighted by atomic mass is 32.1. The topological polar surface area (TPSA) is 117 Å². The summed E-state index contributed by atoms with van der Waals surface area (Å²) >= 11 is 1.29. The van der Waals surface area contributed by atoms with Crippen LogP contribution in [0.3, 0.4) is 0 Å². The van der Waals surface area contributed by atoms with E-state index >= 15 is 0 Å². The SMILES string of the molecule is CC(C)(N)CN=CC(=CN)c1ccc2c(c1)OCCc1sc(-c3ncnn3CC(F)(F)F)nc1-2. The van der Waals surface area contributed by atoms with Gasteiger partial charge in [0.15, 0.2) is 10.8 Å². The standard InChI is InChI=1S/C22H24F3N7OS/c1-21(2,27)10-28-9-14(8-26)13-3-4-15-16(7-13)33-6-5-17-18(15)31-20(34-17)19-29-12-30-32(19)11-22(23,24)25/h3-4,7-9,12H,5-6,10-11,26-27H2,1-2H3. The second kappa shape index (κ2) is 9.18. The molecule has 1 aromatic carbocycles. The van der Waals surface area contributed by atoms with Crippen LogP contribution < -0.4 is 16.2 Å². The predicted molar refractivity (Wildman–Crippen MR) is 126 cm³/mol. The molecule has 3 aromatic rings. The maximum Gasteiger partial charge on any atom is 0.408 e. The fraction of sp³-hybridized carbons (Fsp3) is 0.364. The van der Waals surface area contributed by atoms with Crippen molar-refractivity contribution >= 4 is 23.1 Å². The van der Waals surface area contributed by atoms with E-state index in [9.17, 15) is 13.2 Å². The molecule has 0 fully saturated rings. The summed E-state index contributed by atoms with van der Waals surface area (Å²) in [6.45, 7) is 3.38. The quantitative estimate of drug-likeness (QED) is 0.508. The zero-order valence-electron chi connectivity index (χ0n) is 18.6. The number of hydrogen-bond acceptors (Lipinski definition) is 8. The van der Waals surface area contributed by atoms with Gasteiger partial charge in [-0.1, -0.05) is 6.07 Å². The van der Waals surface area contributed by atoms with Crippen LogP contribution >= 0.6 is 11.3 Å². The van der Waals surface area contributed by atoms with Crippen molar-refractivity contribution in [3.05, 3.63) is 41.2 Å². The Bertz CT molecular complexity index is 1240. The molecule has 0 saturated heterocycles. The summed E-state index contributed by atoms with van der Waals surface area (Å²) in [5.41, 5.74) is 14.3. The van der Waals surface area contributed by atoms with Gasteiger partial charge in [0.25, 0.3) is 0 Å². The van der Waals surface area contributed by atoms with Crippen LogP contribution in [0.15, 0.2) is 35.7 Å². The van der Waals surface area contributed by atoms with Crippen LogP contribution in [0.4, 0.5) is 13.2 Å². The van der Waals surface area contributed by atoms with Crippen molar-refractivity contribution in [3.8, 4) is 27.8 Å². The Morgan fingerprint density at radius 2 is 2.12 bits per heavy atom. The van der Waals surface area contributed by atoms with E-state index in [0.717, 1.165) is 27.0 Å². The van der Waals surface area contributed by atoms with E-state index in [0.29, 0.717) is 41.6 Å². The van der Waals surface area contributed by atoms with E-state index in [-0.39, 0.29) is 5.82 Å². The molecule has 0 atom stereocenters. The first kappa shape index (κ1) is 23.9. The van der Waals surface area contributed by atoms with Gasteiger partial charge in [-0.05, 0) is 31.5 Å². The molecule has 0 amide bonds. The highest BCUT2D eigenvalue weighted by Crippen LogP contribution is 2.41. The van der Waals surface area contributed by atoms with Gasteiger partial charge in [0.05, 0.1) is 18.8 Å². The summed E-state index contributed by atoms with van der Waals surface area (Å²) in [6, 6.07) is 5.59. The Morgan fingerprint density at radius 1 is 1.32 bits per heavy atom. The number of aliphatic imine (C=N–C) groups is 1. The normalized spacial score (nSPS) is 14.6. The molecule has 0 spiro atoms. The van der Waals surface area contributed by atoms with Gasteiger partial charge in [-0.25, -0.2) is 14.6 Å². The molecule has 0 radical (unpaired) electrons. The largest absolute Gasteiger partial charge is 0.492 e. The first-order chi connectivity index (χ1) is 16.0. The van der Waals surface area contributed by atoms with Gasteiger partial charge in [0.1, 0.15) is 18.6 Å². The zero-order valence-corrected chi connectivity index (χ0v) is 19.5. The number of nitrogens with zero attached hydrogens (tertiary/aromatic N) is 5. The number of hydrogen-bond donors (Lipinski definition) is 2. The molecule has 2 aromatic heterocycles. The monoisotopic (exact) mass is 491 g/mol. The maximum atomic E-state index is 12.9. The molecule has 3 heterocycles. The van der Waals surface area contributed by atoms with Crippen LogP contribution in [0.2, 0.25) is 0 Å². The Hall–Kier alpha value is -3.25. The van der Waals surface area contributed by atoms with Crippen molar-refractivity contribution in [2.24, 2.45) is 16.5 Å². The third-order valence-electron chi connectivity index (χ3n) is 4.90. The lowest BCUT2D eigenvalue weighted by Gasteiger charge is -2.14. The van der Waals surface area contributed by atoms with Gasteiger partial charge < -0.3 is 16.2 Å². The lowest BCUT2D eigenvalue weighted by molar-refractivity contribution is -0.142. The fourth-order valence-electron chi connectivity index (χ4n) is 3.41. The van der Waals surface area contributed by atoms with Crippen molar-refractivity contribution in [1.29, 1.82) is 0 Å². The number of ether oxygens (including phenoxy) is 1. The number of benzene rings is 1. The van der Waals surface area contributed by atoms with Crippen molar-refractivity contribution in [2.45, 2.75) is 38.5 Å². The Morgan fingerprint density at radius 3 is 2.82 bits per heavy atom. The van der Waals surface area contributed by atoms with Crippen molar-refractivity contribution in [3.63, 3.8) is 0 Å². The van der Waals surface area contributed by atoms with Gasteiger partial charge in [0, 0.05) is 40.4 Å². The lowest BCUT2D eigenvalue weighted by Crippen LogP contribution is -2.35. The van der Waals surface area contributed by atoms with Crippen LogP contribution in [0.1, 0.15) is 24.3 Å². The van der Waals surface area contributed by atoms with E-state index in [1.54, 1.807) is 6.21 Å². The lowest BCUT2D eigenvalue weighted by atomic mass is 10.0. The van der Waals surface area contributed by atoms with E-state index < -0.39 is 18.3 Å². The summed E-state index contributed by atoms with van der Waals surface area (Å²) in [5, 5.41) is 4.09. The van der Waals surface area contributed by atoms with E-state index in [1.807, 2.05) is 32.0 Å². The van der Waals surface area contributed by atoms with Gasteiger partial charge >= 0.3 is 6.18 Å². The van der Waals surface area contributed by atoms with Crippen LogP contribution in [-0.4, -0.2) is 50.8 Å². The molecule has 0 aliphatic carbocycles. The third kappa shape index (κ3) is 5.45. The second-order valence-electron chi connectivity index (χ2n) is 8.54. The van der Waals surface area contributed by atoms with Gasteiger partial charge in [-0.15, -0.1) is 11.3 Å². The number of aromatic nitrogens is 4. The molecular formula is C22H24F3N7OS. The highest BCUT2D eigenvalue weighted by Gasteiger charge is 2.31. The summed E-state index contributed by atoms with van der Waals surface area (Å²) in [5.74, 6) is 0.693. The van der Waals surface area contributed by atoms with Crippen molar-refractivity contribution in [2.75, 3.05) is 13.2 Å². The molecule has 12 heteroatoms. The van der Waals surface area contributed by atoms with Crippen LogP contribution in [-0.2, 0) is 13.0 Å². The number of allylic oxidation sites excluding steroid dienone is 1. The van der Waals surface area contributed by atoms with E-state index in [2.05, 4.69) is 20.1 Å². The Balaban J connectivity index is 1.66. The number of thiazole rings is 1. The number of rotatable bonds is 6. The van der Waals surface area contributed by atoms with Crippen LogP contribution in [0, 0.1) is 0 Å². The van der Waals surface area contributed by atoms with Crippen molar-refractivity contribution < 1.29 is 17.9 Å². The number of alkyl halides is 3. The number of fused-ring (bicyclic) bond motifs is 3. The minimum Gasteiger partial charge on any atom is -0.492 e. The molecule has 8 nitrogen and oxygen atoms in total. The first-order valence-electron chi connectivity index (χ1n) is 10.5. The van der Waals surface area contributed by atoms with Gasteiger partial charge in [0.2, 0.25) is 0 Å². The minimum absolute atomic E-state index is 0.0851. The summed E-state index contributed by atoms with van der Waals surface area (Å²) < 4.78 is 45.5. The second-order valence-corrected chi connectivity index (χ2v) is 9.62. The molecule has 1 aliphatic rings. The Labute approximate surface area is 198 Å². The van der Waals surface area contributed by atoms with Crippen LogP contribution in [0.25, 0.3) is 27.7 Å². The van der Waals surface area contributed by atoms with Crippen molar-refractivity contribution in [1.82, 2.24) is 19.7 Å². The number of halogens is 3. The van der Waals surface area contributed by atoms with Gasteiger partial charge in [-0.3, -0.25) is 4.99 Å². The molecular weight excluding hydrogens is 467 g/mol. The van der Waals surface area contributed by atoms with Crippen LogP contribution in [0.5, 0.6) is 5.75 Å². The zero-order chi connectivity index (χ0) is 24.5. The molecule has 0 bridgehead atoms. The van der Waals surface area contributed by atoms with Gasteiger partial charge in [-0.2, -0.15) is 18.3 Å². The molecule has 4 N–H and O–H groups in total. The summed E-state index contributed by atoms with van der Waals surface area (Å²) in [4.78, 5) is 13.9. The minimum atomic E-state index is -4.41. The predicted octanol–water partition coefficient (Wildman–Crippen LogP) is 3.67. The summed E-state index contributed by atoms with van der Waals surface area (Å²) in [7, 11) is 0. The maximum absolute atomic E-state index is 12.9. The molecule has 34 heavy (non-hydrogen) atoms. The molecule has 0 unspecified atom stereocenters. The fourth-order valence-corrected chi connectivity index (χ4v) is 4.46. The first-order valence-corrected chi connectivity index (χ1v) is 11.3. The molecule has 4 rings (SSSR count). The molecule has 0 saturated carbocycles. The average Bonchev–Trinajstić information content (AvgIpc) is 3.32.